The first-order chi connectivity index (χ1) is 30.1. The second-order valence-corrected chi connectivity index (χ2v) is 16.4. The van der Waals surface area contributed by atoms with Crippen LogP contribution in [-0.2, 0) is 35.9 Å². The standard InChI is InChI=1S/C49H48ClN7O5/c1-30-36(29-62-46-20-45(61-28-33-17-32(21-51)22-52-23-33)37(19-44(46)50)25-54-27-39-11-14-48(59)56-39)5-3-7-42(30)43-8-4-6-41(31(43)2)34-15-16-57-40(18-34)12-9-35(49(57)60)24-53-26-38-10-13-47(58)55-38/h3-9,12,15-20,22-23,38-39,53-54H,10-11,13-14,24-29H2,1-2H3,(H,55,58)(H,56,59)/t38-,39+/m1/s1. The average Bonchev–Trinajstić information content (AvgIpc) is 3.90. The predicted octanol–water partition coefficient (Wildman–Crippen LogP) is 7.06. The van der Waals surface area contributed by atoms with Crippen LogP contribution in [0.1, 0.15) is 64.6 Å². The number of pyridine rings is 3. The molecule has 2 aliphatic heterocycles. The second kappa shape index (κ2) is 19.0. The molecule has 2 aliphatic rings. The van der Waals surface area contributed by atoms with Crippen molar-refractivity contribution in [2.45, 2.75) is 77.9 Å². The van der Waals surface area contributed by atoms with Crippen molar-refractivity contribution in [2.24, 2.45) is 0 Å². The van der Waals surface area contributed by atoms with Crippen LogP contribution < -0.4 is 36.3 Å². The van der Waals surface area contributed by atoms with Crippen LogP contribution in [0.25, 0.3) is 27.8 Å². The molecule has 62 heavy (non-hydrogen) atoms. The Morgan fingerprint density at radius 1 is 0.758 bits per heavy atom. The van der Waals surface area contributed by atoms with Gasteiger partial charge in [-0.25, -0.2) is 0 Å². The molecule has 316 valence electrons. The van der Waals surface area contributed by atoms with Crippen LogP contribution >= 0.6 is 11.6 Å². The molecule has 13 heteroatoms. The van der Waals surface area contributed by atoms with Crippen molar-refractivity contribution in [3.05, 3.63) is 152 Å². The zero-order valence-electron chi connectivity index (χ0n) is 34.7. The zero-order chi connectivity index (χ0) is 43.2. The summed E-state index contributed by atoms with van der Waals surface area (Å²) in [6.45, 7) is 6.79. The van der Waals surface area contributed by atoms with Crippen molar-refractivity contribution in [1.82, 2.24) is 30.7 Å². The number of nitrogens with one attached hydrogen (secondary N) is 4. The van der Waals surface area contributed by atoms with Crippen LogP contribution in [0.5, 0.6) is 11.5 Å². The van der Waals surface area contributed by atoms with Crippen LogP contribution in [0.15, 0.2) is 102 Å². The molecule has 2 amide bonds. The number of amides is 2. The number of ether oxygens (including phenoxy) is 2. The monoisotopic (exact) mass is 849 g/mol. The van der Waals surface area contributed by atoms with Crippen molar-refractivity contribution >= 4 is 28.9 Å². The van der Waals surface area contributed by atoms with Crippen LogP contribution in [0.4, 0.5) is 0 Å². The van der Waals surface area contributed by atoms with Crippen LogP contribution in [0, 0.1) is 25.2 Å². The Bertz CT molecular complexity index is 2760. The Kier molecular flexibility index (Phi) is 12.9. The Hall–Kier alpha value is -6.52. The van der Waals surface area contributed by atoms with Crippen molar-refractivity contribution in [1.29, 1.82) is 5.26 Å². The van der Waals surface area contributed by atoms with E-state index in [4.69, 9.17) is 21.1 Å². The minimum atomic E-state index is -0.0676. The van der Waals surface area contributed by atoms with Gasteiger partial charge < -0.3 is 30.7 Å². The van der Waals surface area contributed by atoms with E-state index < -0.39 is 0 Å². The number of rotatable bonds is 16. The van der Waals surface area contributed by atoms with Crippen molar-refractivity contribution in [3.8, 4) is 39.8 Å². The summed E-state index contributed by atoms with van der Waals surface area (Å²) in [6.07, 6.45) is 7.70. The summed E-state index contributed by atoms with van der Waals surface area (Å²) < 4.78 is 14.4. The van der Waals surface area contributed by atoms with Gasteiger partial charge in [0.1, 0.15) is 30.8 Å². The number of nitrogens with zero attached hydrogens (tertiary/aromatic N) is 3. The Labute approximate surface area is 365 Å². The molecule has 12 nitrogen and oxygen atoms in total. The fraction of sp³-hybridized carbons (Fsp3) is 0.286. The topological polar surface area (TPSA) is 159 Å². The van der Waals surface area contributed by atoms with E-state index in [0.717, 1.165) is 68.4 Å². The lowest BCUT2D eigenvalue weighted by atomic mass is 9.89. The Morgan fingerprint density at radius 3 is 2.15 bits per heavy atom. The van der Waals surface area contributed by atoms with Gasteiger partial charge >= 0.3 is 0 Å². The maximum atomic E-state index is 13.4. The van der Waals surface area contributed by atoms with E-state index >= 15 is 0 Å². The SMILES string of the molecule is Cc1c(COc2cc(OCc3cncc(C#N)c3)c(CNC[C@@H]3CCC(=O)N3)cc2Cl)cccc1-c1cccc(-c2ccn3c(=O)c(CNC[C@H]4CCC(=O)N4)ccc3c2)c1C. The summed E-state index contributed by atoms with van der Waals surface area (Å²) in [6, 6.07) is 28.1. The van der Waals surface area contributed by atoms with Gasteiger partial charge in [-0.1, -0.05) is 54.1 Å². The van der Waals surface area contributed by atoms with Crippen molar-refractivity contribution < 1.29 is 19.1 Å². The second-order valence-electron chi connectivity index (χ2n) is 16.0. The molecule has 0 bridgehead atoms. The summed E-state index contributed by atoms with van der Waals surface area (Å²) in [4.78, 5) is 40.8. The third-order valence-electron chi connectivity index (χ3n) is 11.7. The predicted molar refractivity (Wildman–Crippen MR) is 239 cm³/mol. The number of hydrogen-bond acceptors (Lipinski definition) is 9. The molecule has 2 saturated heterocycles. The number of carbonyl (C=O) groups is 2. The smallest absolute Gasteiger partial charge is 0.259 e. The molecule has 3 aromatic carbocycles. The lowest BCUT2D eigenvalue weighted by Crippen LogP contribution is -2.36. The first-order valence-electron chi connectivity index (χ1n) is 20.9. The molecule has 8 rings (SSSR count). The van der Waals surface area contributed by atoms with Gasteiger partial charge in [-0.3, -0.25) is 23.8 Å². The first-order valence-corrected chi connectivity index (χ1v) is 21.3. The highest BCUT2D eigenvalue weighted by Gasteiger charge is 2.22. The van der Waals surface area contributed by atoms with E-state index in [1.807, 2.05) is 42.6 Å². The van der Waals surface area contributed by atoms with E-state index in [1.165, 1.54) is 6.20 Å². The van der Waals surface area contributed by atoms with E-state index in [1.54, 1.807) is 22.7 Å². The molecule has 2 atom stereocenters. The molecule has 0 radical (unpaired) electrons. The van der Waals surface area contributed by atoms with E-state index in [9.17, 15) is 19.6 Å². The summed E-state index contributed by atoms with van der Waals surface area (Å²) in [5.74, 6) is 1.19. The molecular weight excluding hydrogens is 802 g/mol. The van der Waals surface area contributed by atoms with Gasteiger partial charge in [0.25, 0.3) is 5.56 Å². The molecule has 0 aliphatic carbocycles. The van der Waals surface area contributed by atoms with Gasteiger partial charge in [0.15, 0.2) is 0 Å². The summed E-state index contributed by atoms with van der Waals surface area (Å²) in [7, 11) is 0. The van der Waals surface area contributed by atoms with Crippen LogP contribution in [-0.4, -0.2) is 46.4 Å². The molecule has 0 spiro atoms. The minimum absolute atomic E-state index is 0.0672. The lowest BCUT2D eigenvalue weighted by molar-refractivity contribution is -0.120. The highest BCUT2D eigenvalue weighted by Crippen LogP contribution is 2.37. The normalized spacial score (nSPS) is 16.0. The molecule has 4 N–H and O–H groups in total. The molecule has 6 aromatic rings. The number of halogens is 1. The van der Waals surface area contributed by atoms with E-state index in [-0.39, 0.29) is 42.7 Å². The highest BCUT2D eigenvalue weighted by molar-refractivity contribution is 6.32. The average molecular weight is 850 g/mol. The largest absolute Gasteiger partial charge is 0.488 e. The van der Waals surface area contributed by atoms with Crippen molar-refractivity contribution in [2.75, 3.05) is 13.1 Å². The minimum Gasteiger partial charge on any atom is -0.488 e. The fourth-order valence-corrected chi connectivity index (χ4v) is 8.48. The summed E-state index contributed by atoms with van der Waals surface area (Å²) >= 11 is 6.87. The quantitative estimate of drug-likeness (QED) is 0.0800. The summed E-state index contributed by atoms with van der Waals surface area (Å²) in [5, 5.41) is 22.5. The molecule has 3 aromatic heterocycles. The fourth-order valence-electron chi connectivity index (χ4n) is 8.24. The number of fused-ring (bicyclic) bond motifs is 1. The number of aromatic nitrogens is 2. The van der Waals surface area contributed by atoms with Crippen LogP contribution in [0.3, 0.4) is 0 Å². The van der Waals surface area contributed by atoms with Gasteiger partial charge in [0.05, 0.1) is 10.6 Å². The van der Waals surface area contributed by atoms with Gasteiger partial charge in [-0.2, -0.15) is 5.26 Å². The van der Waals surface area contributed by atoms with E-state index in [0.29, 0.717) is 66.7 Å². The Balaban J connectivity index is 0.985. The van der Waals surface area contributed by atoms with Gasteiger partial charge in [-0.15, -0.1) is 0 Å². The van der Waals surface area contributed by atoms with Gasteiger partial charge in [0.2, 0.25) is 11.8 Å². The first kappa shape index (κ1) is 42.2. The maximum absolute atomic E-state index is 13.4. The zero-order valence-corrected chi connectivity index (χ0v) is 35.5. The maximum Gasteiger partial charge on any atom is 0.259 e. The molecule has 5 heterocycles. The number of carbonyl (C=O) groups excluding carboxylic acids is 2. The van der Waals surface area contributed by atoms with Crippen LogP contribution in [0.2, 0.25) is 5.02 Å². The highest BCUT2D eigenvalue weighted by atomic mass is 35.5. The molecule has 0 unspecified atom stereocenters. The van der Waals surface area contributed by atoms with Gasteiger partial charge in [-0.05, 0) is 96.0 Å². The number of benzene rings is 3. The number of hydrogen-bond donors (Lipinski definition) is 4. The Morgan fingerprint density at radius 2 is 1.44 bits per heavy atom. The molecule has 2 fully saturated rings. The van der Waals surface area contributed by atoms with Gasteiger partial charge in [0, 0.05) is 98.0 Å². The van der Waals surface area contributed by atoms with E-state index in [2.05, 4.69) is 76.5 Å². The van der Waals surface area contributed by atoms with Crippen molar-refractivity contribution in [3.63, 3.8) is 0 Å². The number of nitriles is 1. The molecular formula is C49H48ClN7O5. The third-order valence-corrected chi connectivity index (χ3v) is 12.0. The lowest BCUT2D eigenvalue weighted by Gasteiger charge is -2.19. The molecule has 0 saturated carbocycles. The third kappa shape index (κ3) is 9.66. The summed E-state index contributed by atoms with van der Waals surface area (Å²) in [5.41, 5.74) is 10.9.